The van der Waals surface area contributed by atoms with E-state index in [9.17, 15) is 4.79 Å². The molecule has 0 spiro atoms. The van der Waals surface area contributed by atoms with E-state index >= 15 is 0 Å². The molecule has 0 aliphatic carbocycles. The minimum atomic E-state index is 0.106. The van der Waals surface area contributed by atoms with Crippen LogP contribution in [0, 0.1) is 6.92 Å². The summed E-state index contributed by atoms with van der Waals surface area (Å²) in [5.41, 5.74) is 1.04. The second kappa shape index (κ2) is 6.33. The largest absolute Gasteiger partial charge is 0.469 e. The van der Waals surface area contributed by atoms with Crippen LogP contribution in [0.1, 0.15) is 30.6 Å². The van der Waals surface area contributed by atoms with Gasteiger partial charge in [-0.1, -0.05) is 0 Å². The Morgan fingerprint density at radius 2 is 2.25 bits per heavy atom. The van der Waals surface area contributed by atoms with Crippen LogP contribution in [0.15, 0.2) is 16.7 Å². The number of aryl methyl sites for hydroxylation is 1. The first-order valence-corrected chi connectivity index (χ1v) is 5.53. The molecule has 0 bridgehead atoms. The van der Waals surface area contributed by atoms with Gasteiger partial charge in [-0.3, -0.25) is 4.79 Å². The van der Waals surface area contributed by atoms with E-state index in [4.69, 9.17) is 9.52 Å². The fraction of sp³-hybridized carbons (Fsp3) is 0.583. The highest BCUT2D eigenvalue weighted by atomic mass is 16.3. The van der Waals surface area contributed by atoms with Crippen molar-refractivity contribution in [2.45, 2.75) is 32.7 Å². The van der Waals surface area contributed by atoms with Gasteiger partial charge < -0.3 is 14.4 Å². The van der Waals surface area contributed by atoms with Gasteiger partial charge in [0.25, 0.3) is 0 Å². The molecule has 0 atom stereocenters. The smallest absolute Gasteiger partial charge is 0.222 e. The first-order valence-electron chi connectivity index (χ1n) is 5.53. The summed E-state index contributed by atoms with van der Waals surface area (Å²) in [4.78, 5) is 13.4. The molecule has 0 saturated heterocycles. The summed E-state index contributed by atoms with van der Waals surface area (Å²) in [6.07, 6.45) is 3.55. The van der Waals surface area contributed by atoms with E-state index in [1.807, 2.05) is 13.0 Å². The summed E-state index contributed by atoms with van der Waals surface area (Å²) < 4.78 is 5.17. The molecule has 0 fully saturated rings. The van der Waals surface area contributed by atoms with Gasteiger partial charge >= 0.3 is 0 Å². The van der Waals surface area contributed by atoms with Crippen LogP contribution >= 0.6 is 0 Å². The van der Waals surface area contributed by atoms with Crippen molar-refractivity contribution in [1.29, 1.82) is 0 Å². The first-order chi connectivity index (χ1) is 7.65. The molecule has 16 heavy (non-hydrogen) atoms. The summed E-state index contributed by atoms with van der Waals surface area (Å²) in [5.74, 6) is 0.962. The lowest BCUT2D eigenvalue weighted by Gasteiger charge is -2.16. The number of carbonyl (C=O) groups is 1. The zero-order chi connectivity index (χ0) is 12.0. The van der Waals surface area contributed by atoms with Crippen molar-refractivity contribution in [3.05, 3.63) is 23.7 Å². The van der Waals surface area contributed by atoms with E-state index < -0.39 is 0 Å². The molecule has 1 heterocycles. The van der Waals surface area contributed by atoms with Crippen LogP contribution in [0.5, 0.6) is 0 Å². The molecule has 1 aromatic rings. The number of nitrogens with zero attached hydrogens (tertiary/aromatic N) is 1. The summed E-state index contributed by atoms with van der Waals surface area (Å²) in [6, 6.07) is 1.88. The van der Waals surface area contributed by atoms with E-state index in [1.54, 1.807) is 18.2 Å². The van der Waals surface area contributed by atoms with Crippen LogP contribution in [-0.2, 0) is 11.3 Å². The third-order valence-corrected chi connectivity index (χ3v) is 2.60. The summed E-state index contributed by atoms with van der Waals surface area (Å²) >= 11 is 0. The van der Waals surface area contributed by atoms with E-state index in [-0.39, 0.29) is 12.5 Å². The maximum Gasteiger partial charge on any atom is 0.222 e. The lowest BCUT2D eigenvalue weighted by molar-refractivity contribution is -0.130. The van der Waals surface area contributed by atoms with Crippen LogP contribution in [0.2, 0.25) is 0 Å². The summed E-state index contributed by atoms with van der Waals surface area (Å²) in [5, 5.41) is 8.62. The Kier molecular flexibility index (Phi) is 5.05. The third kappa shape index (κ3) is 3.70. The Bertz CT molecular complexity index is 333. The molecule has 0 aliphatic heterocycles. The molecule has 1 amide bonds. The molecular weight excluding hydrogens is 206 g/mol. The fourth-order valence-corrected chi connectivity index (χ4v) is 1.50. The predicted octanol–water partition coefficient (Wildman–Crippen LogP) is 1.71. The zero-order valence-electron chi connectivity index (χ0n) is 9.90. The van der Waals surface area contributed by atoms with E-state index in [0.29, 0.717) is 19.4 Å². The predicted molar refractivity (Wildman–Crippen MR) is 60.9 cm³/mol. The van der Waals surface area contributed by atoms with E-state index in [0.717, 1.165) is 17.7 Å². The molecule has 1 N–H and O–H groups in total. The molecule has 1 aromatic heterocycles. The molecule has 4 heteroatoms. The lowest BCUT2D eigenvalue weighted by atomic mass is 10.2. The van der Waals surface area contributed by atoms with Gasteiger partial charge in [-0.25, -0.2) is 0 Å². The van der Waals surface area contributed by atoms with Crippen LogP contribution in [0.4, 0.5) is 0 Å². The monoisotopic (exact) mass is 225 g/mol. The molecule has 1 rings (SSSR count). The van der Waals surface area contributed by atoms with Crippen LogP contribution < -0.4 is 0 Å². The van der Waals surface area contributed by atoms with Gasteiger partial charge in [0.2, 0.25) is 5.91 Å². The first kappa shape index (κ1) is 12.8. The maximum absolute atomic E-state index is 11.7. The average Bonchev–Trinajstić information content (AvgIpc) is 2.64. The second-order valence-corrected chi connectivity index (χ2v) is 3.93. The quantitative estimate of drug-likeness (QED) is 0.750. The van der Waals surface area contributed by atoms with E-state index in [2.05, 4.69) is 0 Å². The number of furan rings is 1. The molecule has 0 radical (unpaired) electrons. The highest BCUT2D eigenvalue weighted by molar-refractivity contribution is 5.75. The van der Waals surface area contributed by atoms with Gasteiger partial charge in [0.15, 0.2) is 0 Å². The minimum absolute atomic E-state index is 0.106. The molecule has 0 aliphatic rings. The number of rotatable bonds is 6. The van der Waals surface area contributed by atoms with Gasteiger partial charge in [-0.2, -0.15) is 0 Å². The van der Waals surface area contributed by atoms with Gasteiger partial charge in [-0.15, -0.1) is 0 Å². The van der Waals surface area contributed by atoms with Crippen molar-refractivity contribution in [3.8, 4) is 0 Å². The van der Waals surface area contributed by atoms with Crippen molar-refractivity contribution in [3.63, 3.8) is 0 Å². The normalized spacial score (nSPS) is 10.4. The maximum atomic E-state index is 11.7. The topological polar surface area (TPSA) is 53.7 Å². The standard InChI is InChI=1S/C12H19NO3/c1-10-11(6-8-16-10)9-13(2)12(15)5-3-4-7-14/h6,8,14H,3-5,7,9H2,1-2H3. The van der Waals surface area contributed by atoms with Crippen molar-refractivity contribution >= 4 is 5.91 Å². The highest BCUT2D eigenvalue weighted by Gasteiger charge is 2.11. The van der Waals surface area contributed by atoms with Gasteiger partial charge in [-0.05, 0) is 25.8 Å². The molecule has 0 saturated carbocycles. The molecular formula is C12H19NO3. The molecule has 90 valence electrons. The van der Waals surface area contributed by atoms with Crippen molar-refractivity contribution in [2.24, 2.45) is 0 Å². The number of unbranched alkanes of at least 4 members (excludes halogenated alkanes) is 1. The molecule has 0 unspecified atom stereocenters. The summed E-state index contributed by atoms with van der Waals surface area (Å²) in [7, 11) is 1.79. The number of aliphatic hydroxyl groups excluding tert-OH is 1. The number of hydrogen-bond acceptors (Lipinski definition) is 3. The van der Waals surface area contributed by atoms with Gasteiger partial charge in [0.1, 0.15) is 5.76 Å². The number of aliphatic hydroxyl groups is 1. The highest BCUT2D eigenvalue weighted by Crippen LogP contribution is 2.12. The number of hydrogen-bond donors (Lipinski definition) is 1. The van der Waals surface area contributed by atoms with Crippen molar-refractivity contribution in [2.75, 3.05) is 13.7 Å². The SMILES string of the molecule is Cc1occc1CN(C)C(=O)CCCCO. The number of amides is 1. The minimum Gasteiger partial charge on any atom is -0.469 e. The zero-order valence-corrected chi connectivity index (χ0v) is 9.90. The van der Waals surface area contributed by atoms with Crippen LogP contribution in [0.25, 0.3) is 0 Å². The Hall–Kier alpha value is -1.29. The Morgan fingerprint density at radius 1 is 1.50 bits per heavy atom. The second-order valence-electron chi connectivity index (χ2n) is 3.93. The lowest BCUT2D eigenvalue weighted by Crippen LogP contribution is -2.25. The van der Waals surface area contributed by atoms with Crippen molar-refractivity contribution < 1.29 is 14.3 Å². The fourth-order valence-electron chi connectivity index (χ4n) is 1.50. The Labute approximate surface area is 95.9 Å². The van der Waals surface area contributed by atoms with E-state index in [1.165, 1.54) is 0 Å². The summed E-state index contributed by atoms with van der Waals surface area (Å²) in [6.45, 7) is 2.62. The third-order valence-electron chi connectivity index (χ3n) is 2.60. The van der Waals surface area contributed by atoms with Crippen LogP contribution in [-0.4, -0.2) is 29.6 Å². The average molecular weight is 225 g/mol. The molecule has 4 nitrogen and oxygen atoms in total. The van der Waals surface area contributed by atoms with Crippen molar-refractivity contribution in [1.82, 2.24) is 4.90 Å². The van der Waals surface area contributed by atoms with Gasteiger partial charge in [0.05, 0.1) is 6.26 Å². The Morgan fingerprint density at radius 3 is 2.81 bits per heavy atom. The van der Waals surface area contributed by atoms with Gasteiger partial charge in [0, 0.05) is 32.2 Å². The number of carbonyl (C=O) groups excluding carboxylic acids is 1. The molecule has 0 aromatic carbocycles. The Balaban J connectivity index is 2.37. The van der Waals surface area contributed by atoms with Crippen LogP contribution in [0.3, 0.4) is 0 Å².